The van der Waals surface area contributed by atoms with Crippen LogP contribution in [0.15, 0.2) is 4.99 Å². The van der Waals surface area contributed by atoms with Gasteiger partial charge in [-0.15, -0.1) is 0 Å². The zero-order valence-electron chi connectivity index (χ0n) is 8.66. The highest BCUT2D eigenvalue weighted by atomic mass is 16.7. The normalized spacial score (nSPS) is 29.8. The van der Waals surface area contributed by atoms with E-state index in [0.717, 1.165) is 0 Å². The molecule has 0 radical (unpaired) electrons. The molecule has 1 fully saturated rings. The Kier molecular flexibility index (Phi) is 2.75. The van der Waals surface area contributed by atoms with Crippen LogP contribution in [0.2, 0.25) is 0 Å². The van der Waals surface area contributed by atoms with E-state index in [9.17, 15) is 0 Å². The lowest BCUT2D eigenvalue weighted by Crippen LogP contribution is -2.38. The zero-order valence-corrected chi connectivity index (χ0v) is 8.66. The number of epoxide rings is 1. The van der Waals surface area contributed by atoms with Crippen LogP contribution in [0.3, 0.4) is 0 Å². The molecule has 76 valence electrons. The largest absolute Gasteiger partial charge is 0.354 e. The molecule has 0 saturated carbocycles. The van der Waals surface area contributed by atoms with Crippen molar-refractivity contribution in [1.29, 1.82) is 0 Å². The predicted octanol–water partition coefficient (Wildman–Crippen LogP) is 1.20. The van der Waals surface area contributed by atoms with Gasteiger partial charge in [0.15, 0.2) is 5.79 Å². The first-order valence-corrected chi connectivity index (χ1v) is 4.30. The van der Waals surface area contributed by atoms with Crippen LogP contribution in [0.5, 0.6) is 0 Å². The maximum Gasteiger partial charge on any atom is 0.207 e. The summed E-state index contributed by atoms with van der Waals surface area (Å²) in [6.45, 7) is 9.66. The molecule has 4 nitrogen and oxygen atoms in total. The van der Waals surface area contributed by atoms with E-state index < -0.39 is 11.5 Å². The molecule has 0 aromatic carbocycles. The Balaban J connectivity index is 2.50. The summed E-state index contributed by atoms with van der Waals surface area (Å²) in [5, 5.41) is 0. The van der Waals surface area contributed by atoms with Crippen molar-refractivity contribution in [3.8, 4) is 0 Å². The van der Waals surface area contributed by atoms with Crippen molar-refractivity contribution in [2.45, 2.75) is 38.4 Å². The smallest absolute Gasteiger partial charge is 0.207 e. The number of hydrogen-bond donors (Lipinski definition) is 0. The summed E-state index contributed by atoms with van der Waals surface area (Å²) >= 11 is 0. The van der Waals surface area contributed by atoms with Gasteiger partial charge in [0.25, 0.3) is 0 Å². The SMILES string of the molecule is C=NC1(C(C)OC(C)(C)OC)CO1. The third kappa shape index (κ3) is 2.27. The van der Waals surface area contributed by atoms with Crippen LogP contribution in [0, 0.1) is 0 Å². The van der Waals surface area contributed by atoms with Gasteiger partial charge in [0.1, 0.15) is 12.7 Å². The Hall–Kier alpha value is -0.450. The second-order valence-corrected chi connectivity index (χ2v) is 3.66. The van der Waals surface area contributed by atoms with E-state index in [1.807, 2.05) is 20.8 Å². The van der Waals surface area contributed by atoms with Crippen molar-refractivity contribution in [2.75, 3.05) is 13.7 Å². The summed E-state index contributed by atoms with van der Waals surface area (Å²) in [6.07, 6.45) is -0.139. The number of nitrogens with zero attached hydrogens (tertiary/aromatic N) is 1. The minimum absolute atomic E-state index is 0.139. The van der Waals surface area contributed by atoms with Crippen molar-refractivity contribution in [2.24, 2.45) is 4.99 Å². The van der Waals surface area contributed by atoms with Crippen molar-refractivity contribution in [3.63, 3.8) is 0 Å². The molecule has 4 heteroatoms. The average molecular weight is 187 g/mol. The van der Waals surface area contributed by atoms with E-state index >= 15 is 0 Å². The lowest BCUT2D eigenvalue weighted by molar-refractivity contribution is -0.230. The second-order valence-electron chi connectivity index (χ2n) is 3.66. The minimum Gasteiger partial charge on any atom is -0.354 e. The summed E-state index contributed by atoms with van der Waals surface area (Å²) in [4.78, 5) is 3.90. The Bertz CT molecular complexity index is 199. The molecule has 0 bridgehead atoms. The van der Waals surface area contributed by atoms with E-state index in [1.165, 1.54) is 0 Å². The fraction of sp³-hybridized carbons (Fsp3) is 0.889. The van der Waals surface area contributed by atoms with E-state index in [-0.39, 0.29) is 6.10 Å². The number of methoxy groups -OCH3 is 1. The lowest BCUT2D eigenvalue weighted by Gasteiger charge is -2.29. The topological polar surface area (TPSA) is 43.4 Å². The maximum atomic E-state index is 5.62. The van der Waals surface area contributed by atoms with Gasteiger partial charge in [-0.2, -0.15) is 0 Å². The molecular formula is C9H17NO3. The second kappa shape index (κ2) is 3.36. The standard InChI is InChI=1S/C9H17NO3/c1-7(9(10-4)6-12-9)13-8(2,3)11-5/h7H,4,6H2,1-3,5H3. The van der Waals surface area contributed by atoms with Crippen molar-refractivity contribution in [3.05, 3.63) is 0 Å². The third-order valence-corrected chi connectivity index (χ3v) is 2.30. The predicted molar refractivity (Wildman–Crippen MR) is 49.9 cm³/mol. The van der Waals surface area contributed by atoms with Crippen LogP contribution in [-0.4, -0.2) is 38.1 Å². The summed E-state index contributed by atoms with van der Waals surface area (Å²) < 4.78 is 15.9. The molecule has 0 aromatic heterocycles. The first-order chi connectivity index (χ1) is 5.96. The molecule has 1 aliphatic heterocycles. The van der Waals surface area contributed by atoms with E-state index in [4.69, 9.17) is 14.2 Å². The summed E-state index contributed by atoms with van der Waals surface area (Å²) in [5.41, 5.74) is -0.532. The molecule has 1 rings (SSSR count). The molecular weight excluding hydrogens is 170 g/mol. The van der Waals surface area contributed by atoms with Crippen LogP contribution in [0.1, 0.15) is 20.8 Å². The van der Waals surface area contributed by atoms with Gasteiger partial charge in [0.05, 0.1) is 0 Å². The molecule has 1 saturated heterocycles. The molecule has 2 atom stereocenters. The molecule has 2 unspecified atom stereocenters. The Labute approximate surface area is 78.9 Å². The Morgan fingerprint density at radius 3 is 2.46 bits per heavy atom. The van der Waals surface area contributed by atoms with Crippen LogP contribution in [-0.2, 0) is 14.2 Å². The van der Waals surface area contributed by atoms with E-state index in [1.54, 1.807) is 7.11 Å². The molecule has 0 spiro atoms. The minimum atomic E-state index is -0.608. The third-order valence-electron chi connectivity index (χ3n) is 2.30. The van der Waals surface area contributed by atoms with Crippen molar-refractivity contribution in [1.82, 2.24) is 0 Å². The van der Waals surface area contributed by atoms with Crippen LogP contribution in [0.4, 0.5) is 0 Å². The number of ether oxygens (including phenoxy) is 3. The average Bonchev–Trinajstić information content (AvgIpc) is 2.84. The number of rotatable bonds is 5. The fourth-order valence-corrected chi connectivity index (χ4v) is 1.09. The van der Waals surface area contributed by atoms with Crippen LogP contribution >= 0.6 is 0 Å². The van der Waals surface area contributed by atoms with E-state index in [0.29, 0.717) is 6.61 Å². The fourth-order valence-electron chi connectivity index (χ4n) is 1.09. The van der Waals surface area contributed by atoms with Gasteiger partial charge in [0, 0.05) is 7.11 Å². The van der Waals surface area contributed by atoms with Crippen molar-refractivity contribution < 1.29 is 14.2 Å². The maximum absolute atomic E-state index is 5.62. The van der Waals surface area contributed by atoms with Crippen LogP contribution in [0.25, 0.3) is 0 Å². The van der Waals surface area contributed by atoms with Gasteiger partial charge < -0.3 is 14.2 Å². The molecule has 13 heavy (non-hydrogen) atoms. The molecule has 1 heterocycles. The van der Waals surface area contributed by atoms with Gasteiger partial charge in [-0.05, 0) is 27.5 Å². The number of aliphatic imine (C=N–C) groups is 1. The zero-order chi connectivity index (χ0) is 10.1. The first-order valence-electron chi connectivity index (χ1n) is 4.30. The summed E-state index contributed by atoms with van der Waals surface area (Å²) in [6, 6.07) is 0. The number of hydrogen-bond acceptors (Lipinski definition) is 4. The molecule has 0 aliphatic carbocycles. The van der Waals surface area contributed by atoms with Gasteiger partial charge in [0.2, 0.25) is 5.72 Å². The first kappa shape index (κ1) is 10.6. The Morgan fingerprint density at radius 1 is 1.62 bits per heavy atom. The quantitative estimate of drug-likeness (QED) is 0.369. The highest BCUT2D eigenvalue weighted by Crippen LogP contribution is 2.35. The monoisotopic (exact) mass is 187 g/mol. The van der Waals surface area contributed by atoms with Gasteiger partial charge in [-0.3, -0.25) is 4.99 Å². The van der Waals surface area contributed by atoms with Gasteiger partial charge in [-0.1, -0.05) is 0 Å². The lowest BCUT2D eigenvalue weighted by atomic mass is 10.2. The van der Waals surface area contributed by atoms with Gasteiger partial charge in [-0.25, -0.2) is 0 Å². The van der Waals surface area contributed by atoms with Crippen LogP contribution < -0.4 is 0 Å². The highest BCUT2D eigenvalue weighted by Gasteiger charge is 2.51. The Morgan fingerprint density at radius 2 is 2.15 bits per heavy atom. The van der Waals surface area contributed by atoms with Gasteiger partial charge >= 0.3 is 0 Å². The summed E-state index contributed by atoms with van der Waals surface area (Å²) in [7, 11) is 1.61. The van der Waals surface area contributed by atoms with E-state index in [2.05, 4.69) is 11.7 Å². The summed E-state index contributed by atoms with van der Waals surface area (Å²) in [5.74, 6) is -0.608. The highest BCUT2D eigenvalue weighted by molar-refractivity contribution is 5.27. The molecule has 0 amide bonds. The molecule has 1 aliphatic rings. The molecule has 0 N–H and O–H groups in total. The van der Waals surface area contributed by atoms with Crippen molar-refractivity contribution >= 4 is 6.72 Å². The molecule has 0 aromatic rings.